The third-order valence-electron chi connectivity index (χ3n) is 3.34. The number of pyridine rings is 1. The minimum Gasteiger partial charge on any atom is -0.492 e. The van der Waals surface area contributed by atoms with Gasteiger partial charge in [0.2, 0.25) is 0 Å². The van der Waals surface area contributed by atoms with Gasteiger partial charge in [0.25, 0.3) is 0 Å². The van der Waals surface area contributed by atoms with Crippen LogP contribution < -0.4 is 4.74 Å². The predicted octanol–water partition coefficient (Wildman–Crippen LogP) is 3.44. The molecule has 0 aromatic carbocycles. The van der Waals surface area contributed by atoms with Crippen LogP contribution >= 0.6 is 0 Å². The van der Waals surface area contributed by atoms with Crippen molar-refractivity contribution in [3.63, 3.8) is 0 Å². The summed E-state index contributed by atoms with van der Waals surface area (Å²) in [5.74, 6) is 0.976. The van der Waals surface area contributed by atoms with Crippen molar-refractivity contribution in [3.05, 3.63) is 23.5 Å². The molecule has 0 aliphatic carbocycles. The van der Waals surface area contributed by atoms with Crippen LogP contribution in [0, 0.1) is 0 Å². The van der Waals surface area contributed by atoms with Crippen molar-refractivity contribution in [2.75, 3.05) is 6.61 Å². The summed E-state index contributed by atoms with van der Waals surface area (Å²) in [5.41, 5.74) is 2.62. The molecule has 2 heteroatoms. The monoisotopic (exact) mass is 219 g/mol. The Labute approximate surface area is 98.0 Å². The Morgan fingerprint density at radius 2 is 2.00 bits per heavy atom. The summed E-state index contributed by atoms with van der Waals surface area (Å²) in [7, 11) is 0. The first-order chi connectivity index (χ1) is 7.31. The van der Waals surface area contributed by atoms with Crippen molar-refractivity contribution < 1.29 is 4.74 Å². The predicted molar refractivity (Wildman–Crippen MR) is 66.1 cm³/mol. The van der Waals surface area contributed by atoms with E-state index in [1.165, 1.54) is 5.56 Å². The number of nitrogens with zero attached hydrogens (tertiary/aromatic N) is 1. The number of hydrogen-bond donors (Lipinski definition) is 0. The lowest BCUT2D eigenvalue weighted by atomic mass is 9.81. The number of ether oxygens (including phenoxy) is 1. The third kappa shape index (κ3) is 1.93. The lowest BCUT2D eigenvalue weighted by molar-refractivity contribution is 0.227. The summed E-state index contributed by atoms with van der Waals surface area (Å²) in [6.45, 7) is 11.9. The minimum atomic E-state index is 0.132. The molecular weight excluding hydrogens is 198 g/mol. The van der Waals surface area contributed by atoms with E-state index < -0.39 is 0 Å². The highest BCUT2D eigenvalue weighted by Crippen LogP contribution is 2.38. The second-order valence-corrected chi connectivity index (χ2v) is 6.30. The zero-order chi connectivity index (χ0) is 12.0. The molecule has 0 bridgehead atoms. The van der Waals surface area contributed by atoms with E-state index in [1.54, 1.807) is 0 Å². The average molecular weight is 219 g/mol. The second-order valence-electron chi connectivity index (χ2n) is 6.30. The summed E-state index contributed by atoms with van der Waals surface area (Å²) in [6.07, 6.45) is 3.04. The quantitative estimate of drug-likeness (QED) is 0.667. The zero-order valence-corrected chi connectivity index (χ0v) is 10.9. The van der Waals surface area contributed by atoms with Gasteiger partial charge in [-0.3, -0.25) is 4.98 Å². The van der Waals surface area contributed by atoms with Crippen LogP contribution in [0.25, 0.3) is 0 Å². The van der Waals surface area contributed by atoms with E-state index in [4.69, 9.17) is 4.74 Å². The van der Waals surface area contributed by atoms with Gasteiger partial charge in [-0.1, -0.05) is 34.6 Å². The van der Waals surface area contributed by atoms with E-state index >= 15 is 0 Å². The van der Waals surface area contributed by atoms with E-state index in [2.05, 4.69) is 45.7 Å². The Bertz CT molecular complexity index is 402. The molecule has 1 aromatic heterocycles. The molecule has 0 saturated heterocycles. The molecule has 2 heterocycles. The maximum absolute atomic E-state index is 5.73. The van der Waals surface area contributed by atoms with Gasteiger partial charge in [0.05, 0.1) is 12.3 Å². The van der Waals surface area contributed by atoms with Crippen molar-refractivity contribution in [1.29, 1.82) is 0 Å². The van der Waals surface area contributed by atoms with Gasteiger partial charge in [0.15, 0.2) is 0 Å². The van der Waals surface area contributed by atoms with E-state index in [9.17, 15) is 0 Å². The number of aromatic nitrogens is 1. The van der Waals surface area contributed by atoms with Gasteiger partial charge in [-0.2, -0.15) is 0 Å². The molecule has 16 heavy (non-hydrogen) atoms. The molecule has 1 aliphatic rings. The highest BCUT2D eigenvalue weighted by atomic mass is 16.5. The molecule has 0 unspecified atom stereocenters. The summed E-state index contributed by atoms with van der Waals surface area (Å²) >= 11 is 0. The van der Waals surface area contributed by atoms with Gasteiger partial charge in [0.1, 0.15) is 5.75 Å². The van der Waals surface area contributed by atoms with Crippen molar-refractivity contribution in [1.82, 2.24) is 4.98 Å². The van der Waals surface area contributed by atoms with Crippen LogP contribution in [0.4, 0.5) is 0 Å². The van der Waals surface area contributed by atoms with Gasteiger partial charge in [-0.05, 0) is 23.5 Å². The van der Waals surface area contributed by atoms with Crippen molar-refractivity contribution in [2.24, 2.45) is 0 Å². The minimum absolute atomic E-state index is 0.132. The normalized spacial score (nSPS) is 18.8. The summed E-state index contributed by atoms with van der Waals surface area (Å²) in [4.78, 5) is 4.61. The fourth-order valence-electron chi connectivity index (χ4n) is 2.01. The lowest BCUT2D eigenvalue weighted by Gasteiger charge is -2.32. The maximum atomic E-state index is 5.73. The Balaban J connectivity index is 2.48. The zero-order valence-electron chi connectivity index (χ0n) is 10.9. The SMILES string of the molecule is CC(C)(C)c1cnc2c(c1)OCCC2(C)C. The third-order valence-corrected chi connectivity index (χ3v) is 3.34. The van der Waals surface area contributed by atoms with Crippen LogP contribution in [0.3, 0.4) is 0 Å². The molecule has 88 valence electrons. The summed E-state index contributed by atoms with van der Waals surface area (Å²) < 4.78 is 5.73. The van der Waals surface area contributed by atoms with Crippen molar-refractivity contribution in [2.45, 2.75) is 51.9 Å². The fourth-order valence-corrected chi connectivity index (χ4v) is 2.01. The molecule has 0 N–H and O–H groups in total. The Hall–Kier alpha value is -1.05. The smallest absolute Gasteiger partial charge is 0.141 e. The van der Waals surface area contributed by atoms with Crippen LogP contribution in [0.5, 0.6) is 5.75 Å². The molecule has 0 atom stereocenters. The Morgan fingerprint density at radius 1 is 1.31 bits per heavy atom. The molecule has 2 rings (SSSR count). The van der Waals surface area contributed by atoms with Crippen molar-refractivity contribution >= 4 is 0 Å². The summed E-state index contributed by atoms with van der Waals surface area (Å²) in [5, 5.41) is 0. The molecule has 1 aliphatic heterocycles. The van der Waals surface area contributed by atoms with E-state index in [1.807, 2.05) is 6.20 Å². The highest BCUT2D eigenvalue weighted by molar-refractivity contribution is 5.39. The van der Waals surface area contributed by atoms with Crippen LogP contribution in [-0.2, 0) is 10.8 Å². The first-order valence-electron chi connectivity index (χ1n) is 5.94. The molecule has 2 nitrogen and oxygen atoms in total. The van der Waals surface area contributed by atoms with Gasteiger partial charge in [0, 0.05) is 11.6 Å². The largest absolute Gasteiger partial charge is 0.492 e. The van der Waals surface area contributed by atoms with Crippen LogP contribution in [0.15, 0.2) is 12.3 Å². The van der Waals surface area contributed by atoms with Crippen LogP contribution in [0.2, 0.25) is 0 Å². The van der Waals surface area contributed by atoms with E-state index in [0.29, 0.717) is 0 Å². The number of fused-ring (bicyclic) bond motifs is 1. The Kier molecular flexibility index (Phi) is 2.48. The molecular formula is C14H21NO. The number of rotatable bonds is 0. The van der Waals surface area contributed by atoms with Crippen LogP contribution in [-0.4, -0.2) is 11.6 Å². The molecule has 0 saturated carbocycles. The van der Waals surface area contributed by atoms with Crippen molar-refractivity contribution in [3.8, 4) is 5.75 Å². The van der Waals surface area contributed by atoms with E-state index in [0.717, 1.165) is 24.5 Å². The fraction of sp³-hybridized carbons (Fsp3) is 0.643. The van der Waals surface area contributed by atoms with Gasteiger partial charge >= 0.3 is 0 Å². The van der Waals surface area contributed by atoms with Crippen LogP contribution in [0.1, 0.15) is 52.3 Å². The maximum Gasteiger partial charge on any atom is 0.141 e. The van der Waals surface area contributed by atoms with Gasteiger partial charge in [-0.25, -0.2) is 0 Å². The Morgan fingerprint density at radius 3 is 2.62 bits per heavy atom. The molecule has 1 aromatic rings. The molecule has 0 radical (unpaired) electrons. The first-order valence-corrected chi connectivity index (χ1v) is 5.94. The lowest BCUT2D eigenvalue weighted by Crippen LogP contribution is -2.28. The first kappa shape index (κ1) is 11.4. The van der Waals surface area contributed by atoms with Gasteiger partial charge in [-0.15, -0.1) is 0 Å². The second kappa shape index (κ2) is 3.47. The number of hydrogen-bond acceptors (Lipinski definition) is 2. The summed E-state index contributed by atoms with van der Waals surface area (Å²) in [6, 6.07) is 2.16. The molecule has 0 amide bonds. The average Bonchev–Trinajstić information content (AvgIpc) is 2.15. The topological polar surface area (TPSA) is 22.1 Å². The molecule has 0 fully saturated rings. The highest BCUT2D eigenvalue weighted by Gasteiger charge is 2.31. The standard InChI is InChI=1S/C14H21NO/c1-13(2,3)10-8-11-12(15-9-10)14(4,5)6-7-16-11/h8-9H,6-7H2,1-5H3. The van der Waals surface area contributed by atoms with E-state index in [-0.39, 0.29) is 10.8 Å². The van der Waals surface area contributed by atoms with Gasteiger partial charge < -0.3 is 4.74 Å². The molecule has 0 spiro atoms.